The van der Waals surface area contributed by atoms with Crippen LogP contribution in [0.3, 0.4) is 0 Å². The number of benzene rings is 2. The maximum absolute atomic E-state index is 12.3. The fourth-order valence-electron chi connectivity index (χ4n) is 1.51. The van der Waals surface area contributed by atoms with E-state index >= 15 is 0 Å². The Morgan fingerprint density at radius 3 is 2.25 bits per heavy atom. The Balaban J connectivity index is 2.35. The average Bonchev–Trinajstić information content (AvgIpc) is 2.36. The first-order valence-corrected chi connectivity index (χ1v) is 8.71. The van der Waals surface area contributed by atoms with Gasteiger partial charge in [0.15, 0.2) is 0 Å². The molecular formula is C13H6Br2Cl2INO. The third kappa shape index (κ3) is 3.88. The molecule has 0 aliphatic carbocycles. The fourth-order valence-corrected chi connectivity index (χ4v) is 3.76. The number of amides is 1. The highest BCUT2D eigenvalue weighted by atomic mass is 127. The summed E-state index contributed by atoms with van der Waals surface area (Å²) >= 11 is 20.9. The second-order valence-electron chi connectivity index (χ2n) is 3.82. The molecule has 0 aliphatic rings. The number of rotatable bonds is 2. The Morgan fingerprint density at radius 2 is 1.65 bits per heavy atom. The zero-order chi connectivity index (χ0) is 14.9. The minimum Gasteiger partial charge on any atom is -0.319 e. The van der Waals surface area contributed by atoms with Crippen LogP contribution in [0.1, 0.15) is 10.4 Å². The van der Waals surface area contributed by atoms with Gasteiger partial charge in [0.05, 0.1) is 21.3 Å². The molecule has 2 aromatic rings. The first-order chi connectivity index (χ1) is 9.38. The zero-order valence-electron chi connectivity index (χ0n) is 9.68. The molecule has 7 heteroatoms. The van der Waals surface area contributed by atoms with Gasteiger partial charge >= 0.3 is 0 Å². The molecule has 0 atom stereocenters. The van der Waals surface area contributed by atoms with E-state index in [-0.39, 0.29) is 5.91 Å². The van der Waals surface area contributed by atoms with Gasteiger partial charge < -0.3 is 5.32 Å². The summed E-state index contributed by atoms with van der Waals surface area (Å²) in [6.45, 7) is 0. The highest BCUT2D eigenvalue weighted by Gasteiger charge is 2.15. The molecule has 0 radical (unpaired) electrons. The Morgan fingerprint density at radius 1 is 1.05 bits per heavy atom. The molecule has 0 saturated heterocycles. The van der Waals surface area contributed by atoms with E-state index in [1.165, 1.54) is 0 Å². The van der Waals surface area contributed by atoms with Crippen LogP contribution < -0.4 is 5.32 Å². The second kappa shape index (κ2) is 6.96. The van der Waals surface area contributed by atoms with Crippen molar-refractivity contribution in [2.75, 3.05) is 5.32 Å². The van der Waals surface area contributed by atoms with Crippen molar-refractivity contribution in [1.29, 1.82) is 0 Å². The minimum atomic E-state index is -0.262. The van der Waals surface area contributed by atoms with E-state index in [2.05, 4.69) is 59.8 Å². The number of hydrogen-bond acceptors (Lipinski definition) is 1. The van der Waals surface area contributed by atoms with E-state index in [4.69, 9.17) is 23.2 Å². The molecule has 0 spiro atoms. The summed E-state index contributed by atoms with van der Waals surface area (Å²) in [7, 11) is 0. The van der Waals surface area contributed by atoms with Gasteiger partial charge in [-0.15, -0.1) is 0 Å². The van der Waals surface area contributed by atoms with Crippen LogP contribution in [-0.4, -0.2) is 5.91 Å². The molecule has 0 saturated carbocycles. The van der Waals surface area contributed by atoms with Crippen LogP contribution in [0.15, 0.2) is 39.3 Å². The van der Waals surface area contributed by atoms with Crippen LogP contribution in [0.2, 0.25) is 10.0 Å². The third-order valence-corrected chi connectivity index (χ3v) is 4.91. The summed E-state index contributed by atoms with van der Waals surface area (Å²) in [5.41, 5.74) is 0.951. The van der Waals surface area contributed by atoms with Gasteiger partial charge in [0.1, 0.15) is 0 Å². The number of carbonyl (C=O) groups is 1. The maximum Gasteiger partial charge on any atom is 0.256 e. The van der Waals surface area contributed by atoms with Crippen LogP contribution >= 0.6 is 77.7 Å². The minimum absolute atomic E-state index is 0.262. The van der Waals surface area contributed by atoms with Crippen molar-refractivity contribution in [2.24, 2.45) is 0 Å². The van der Waals surface area contributed by atoms with E-state index in [0.717, 1.165) is 12.5 Å². The number of carbonyl (C=O) groups excluding carboxylic acids is 1. The predicted octanol–water partition coefficient (Wildman–Crippen LogP) is 6.38. The van der Waals surface area contributed by atoms with Gasteiger partial charge in [-0.2, -0.15) is 0 Å². The van der Waals surface area contributed by atoms with E-state index < -0.39 is 0 Å². The standard InChI is InChI=1S/C13H6Br2Cl2INO/c14-6-1-2-11(18)8(3-6)13(20)19-12-9(16)4-7(15)5-10(12)17/h1-5H,(H,19,20). The Labute approximate surface area is 156 Å². The topological polar surface area (TPSA) is 29.1 Å². The highest BCUT2D eigenvalue weighted by Crippen LogP contribution is 2.34. The van der Waals surface area contributed by atoms with E-state index in [1.807, 2.05) is 12.1 Å². The van der Waals surface area contributed by atoms with E-state index in [0.29, 0.717) is 21.3 Å². The molecule has 0 aromatic heterocycles. The second-order valence-corrected chi connectivity index (χ2v) is 7.63. The van der Waals surface area contributed by atoms with Crippen LogP contribution in [0.5, 0.6) is 0 Å². The molecule has 2 rings (SSSR count). The van der Waals surface area contributed by atoms with Gasteiger partial charge in [0.25, 0.3) is 5.91 Å². The van der Waals surface area contributed by atoms with Gasteiger partial charge in [-0.1, -0.05) is 55.1 Å². The zero-order valence-corrected chi connectivity index (χ0v) is 16.5. The quantitative estimate of drug-likeness (QED) is 0.433. The SMILES string of the molecule is O=C(Nc1c(Cl)cc(Br)cc1Cl)c1cc(Br)ccc1I. The van der Waals surface area contributed by atoms with Crippen LogP contribution in [0, 0.1) is 3.57 Å². The number of hydrogen-bond donors (Lipinski definition) is 1. The van der Waals surface area contributed by atoms with Crippen molar-refractivity contribution in [1.82, 2.24) is 0 Å². The molecule has 0 unspecified atom stereocenters. The van der Waals surface area contributed by atoms with Gasteiger partial charge in [-0.3, -0.25) is 4.79 Å². The van der Waals surface area contributed by atoms with Gasteiger partial charge in [0, 0.05) is 12.5 Å². The molecule has 104 valence electrons. The van der Waals surface area contributed by atoms with Gasteiger partial charge in [-0.05, 0) is 52.9 Å². The van der Waals surface area contributed by atoms with E-state index in [9.17, 15) is 4.79 Å². The first kappa shape index (κ1) is 16.5. The van der Waals surface area contributed by atoms with Crippen LogP contribution in [0.25, 0.3) is 0 Å². The smallest absolute Gasteiger partial charge is 0.256 e. The van der Waals surface area contributed by atoms with Crippen molar-refractivity contribution in [3.8, 4) is 0 Å². The summed E-state index contributed by atoms with van der Waals surface area (Å²) < 4.78 is 2.42. The monoisotopic (exact) mass is 547 g/mol. The Bertz CT molecular complexity index is 671. The molecule has 0 bridgehead atoms. The number of anilines is 1. The summed E-state index contributed by atoms with van der Waals surface area (Å²) in [5.74, 6) is -0.262. The molecule has 1 amide bonds. The van der Waals surface area contributed by atoms with Crippen molar-refractivity contribution < 1.29 is 4.79 Å². The largest absolute Gasteiger partial charge is 0.319 e. The molecule has 1 N–H and O–H groups in total. The molecule has 20 heavy (non-hydrogen) atoms. The number of nitrogens with one attached hydrogen (secondary N) is 1. The maximum atomic E-state index is 12.3. The van der Waals surface area contributed by atoms with Crippen molar-refractivity contribution in [3.63, 3.8) is 0 Å². The summed E-state index contributed by atoms with van der Waals surface area (Å²) in [6, 6.07) is 8.82. The normalized spacial score (nSPS) is 10.4. The molecule has 0 heterocycles. The van der Waals surface area contributed by atoms with Crippen LogP contribution in [0.4, 0.5) is 5.69 Å². The van der Waals surface area contributed by atoms with Crippen molar-refractivity contribution >= 4 is 89.2 Å². The number of halogens is 5. The van der Waals surface area contributed by atoms with Crippen molar-refractivity contribution in [2.45, 2.75) is 0 Å². The van der Waals surface area contributed by atoms with E-state index in [1.54, 1.807) is 18.2 Å². The highest BCUT2D eigenvalue weighted by molar-refractivity contribution is 14.1. The lowest BCUT2D eigenvalue weighted by Gasteiger charge is -2.11. The predicted molar refractivity (Wildman–Crippen MR) is 99.0 cm³/mol. The molecule has 2 aromatic carbocycles. The summed E-state index contributed by atoms with van der Waals surface area (Å²) in [4.78, 5) is 12.3. The lowest BCUT2D eigenvalue weighted by molar-refractivity contribution is 0.102. The van der Waals surface area contributed by atoms with Gasteiger partial charge in [0.2, 0.25) is 0 Å². The fraction of sp³-hybridized carbons (Fsp3) is 0. The Kier molecular flexibility index (Phi) is 5.76. The molecule has 0 fully saturated rings. The van der Waals surface area contributed by atoms with Crippen molar-refractivity contribution in [3.05, 3.63) is 58.5 Å². The Hall–Kier alpha value is 0.180. The molecular weight excluding hydrogens is 544 g/mol. The average molecular weight is 550 g/mol. The summed E-state index contributed by atoms with van der Waals surface area (Å²) in [6.07, 6.45) is 0. The molecule has 2 nitrogen and oxygen atoms in total. The third-order valence-electron chi connectivity index (χ3n) is 2.42. The van der Waals surface area contributed by atoms with Gasteiger partial charge in [-0.25, -0.2) is 0 Å². The lowest BCUT2D eigenvalue weighted by Crippen LogP contribution is -2.14. The first-order valence-electron chi connectivity index (χ1n) is 5.29. The summed E-state index contributed by atoms with van der Waals surface area (Å²) in [5, 5.41) is 3.50. The lowest BCUT2D eigenvalue weighted by atomic mass is 10.2. The molecule has 0 aliphatic heterocycles. The van der Waals surface area contributed by atoms with Crippen LogP contribution in [-0.2, 0) is 0 Å².